The minimum Gasteiger partial charge on any atom is -0.299 e. The van der Waals surface area contributed by atoms with Gasteiger partial charge in [0.05, 0.1) is 0 Å². The number of likely N-dealkylation sites (tertiary alicyclic amines) is 1. The van der Waals surface area contributed by atoms with Crippen LogP contribution < -0.4 is 0 Å². The Hall–Kier alpha value is -0.340. The van der Waals surface area contributed by atoms with Crippen molar-refractivity contribution in [1.82, 2.24) is 4.90 Å². The van der Waals surface area contributed by atoms with Gasteiger partial charge >= 0.3 is 0 Å². The molecule has 0 unspecified atom stereocenters. The summed E-state index contributed by atoms with van der Waals surface area (Å²) in [5.74, 6) is 1.78. The highest BCUT2D eigenvalue weighted by atomic mass is 79.9. The summed E-state index contributed by atoms with van der Waals surface area (Å²) in [6, 6.07) is 8.56. The molecule has 0 radical (unpaired) electrons. The molecule has 1 aliphatic heterocycles. The second kappa shape index (κ2) is 6.01. The number of benzene rings is 1. The summed E-state index contributed by atoms with van der Waals surface area (Å²) in [5.41, 5.74) is 1.41. The van der Waals surface area contributed by atoms with Gasteiger partial charge in [0.25, 0.3) is 0 Å². The Balaban J connectivity index is 1.88. The van der Waals surface area contributed by atoms with Gasteiger partial charge in [-0.3, -0.25) is 4.90 Å². The largest absolute Gasteiger partial charge is 0.299 e. The predicted octanol–water partition coefficient (Wildman–Crippen LogP) is 4.32. The van der Waals surface area contributed by atoms with E-state index in [1.807, 2.05) is 0 Å². The molecule has 0 N–H and O–H groups in total. The molecule has 2 heteroatoms. The minimum absolute atomic E-state index is 0.848. The van der Waals surface area contributed by atoms with Crippen LogP contribution in [0.4, 0.5) is 0 Å². The van der Waals surface area contributed by atoms with E-state index in [4.69, 9.17) is 0 Å². The van der Waals surface area contributed by atoms with E-state index in [0.717, 1.165) is 18.4 Å². The summed E-state index contributed by atoms with van der Waals surface area (Å²) < 4.78 is 1.24. The van der Waals surface area contributed by atoms with E-state index >= 15 is 0 Å². The van der Waals surface area contributed by atoms with Crippen molar-refractivity contribution in [3.05, 3.63) is 34.3 Å². The quantitative estimate of drug-likeness (QED) is 0.803. The van der Waals surface area contributed by atoms with Crippen LogP contribution in [0.1, 0.15) is 32.3 Å². The second-order valence-corrected chi connectivity index (χ2v) is 6.30. The molecule has 1 aromatic rings. The Morgan fingerprint density at radius 2 is 1.88 bits per heavy atom. The summed E-state index contributed by atoms with van der Waals surface area (Å²) >= 11 is 3.63. The van der Waals surface area contributed by atoms with E-state index in [-0.39, 0.29) is 0 Å². The van der Waals surface area contributed by atoms with Gasteiger partial charge in [-0.15, -0.1) is 0 Å². The third-order valence-corrected chi connectivity index (χ3v) is 4.70. The molecule has 1 heterocycles. The fourth-order valence-electron chi connectivity index (χ4n) is 2.65. The third kappa shape index (κ3) is 3.56. The van der Waals surface area contributed by atoms with E-state index in [1.165, 1.54) is 36.0 Å². The maximum absolute atomic E-state index is 3.63. The molecular weight excluding hydrogens is 274 g/mol. The van der Waals surface area contributed by atoms with Crippen molar-refractivity contribution in [2.75, 3.05) is 13.1 Å². The molecule has 17 heavy (non-hydrogen) atoms. The fraction of sp³-hybridized carbons (Fsp3) is 0.600. The lowest BCUT2D eigenvalue weighted by Crippen LogP contribution is -2.34. The molecule has 94 valence electrons. The molecule has 1 aliphatic rings. The first-order chi connectivity index (χ1) is 8.16. The lowest BCUT2D eigenvalue weighted by molar-refractivity contribution is 0.152. The van der Waals surface area contributed by atoms with E-state index in [9.17, 15) is 0 Å². The summed E-state index contributed by atoms with van der Waals surface area (Å²) in [4.78, 5) is 2.58. The molecule has 1 saturated heterocycles. The van der Waals surface area contributed by atoms with Crippen LogP contribution in [0.3, 0.4) is 0 Å². The van der Waals surface area contributed by atoms with Crippen molar-refractivity contribution in [3.8, 4) is 0 Å². The van der Waals surface area contributed by atoms with E-state index < -0.39 is 0 Å². The predicted molar refractivity (Wildman–Crippen MR) is 77.0 cm³/mol. The number of nitrogens with zero attached hydrogens (tertiary/aromatic N) is 1. The lowest BCUT2D eigenvalue weighted by Gasteiger charge is -2.34. The number of hydrogen-bond acceptors (Lipinski definition) is 1. The zero-order chi connectivity index (χ0) is 12.3. The normalized spacial score (nSPS) is 18.8. The summed E-state index contributed by atoms with van der Waals surface area (Å²) in [6.07, 6.45) is 2.73. The molecule has 1 nitrogen and oxygen atoms in total. The van der Waals surface area contributed by atoms with Crippen molar-refractivity contribution < 1.29 is 0 Å². The minimum atomic E-state index is 0.848. The average molecular weight is 296 g/mol. The van der Waals surface area contributed by atoms with Gasteiger partial charge in [0.1, 0.15) is 0 Å². The Kier molecular flexibility index (Phi) is 4.63. The molecule has 0 aliphatic carbocycles. The van der Waals surface area contributed by atoms with Gasteiger partial charge in [0.15, 0.2) is 0 Å². The van der Waals surface area contributed by atoms with Gasteiger partial charge in [0, 0.05) is 11.0 Å². The first-order valence-electron chi connectivity index (χ1n) is 6.62. The Morgan fingerprint density at radius 3 is 2.47 bits per heavy atom. The summed E-state index contributed by atoms with van der Waals surface area (Å²) in [7, 11) is 0. The van der Waals surface area contributed by atoms with Gasteiger partial charge in [-0.2, -0.15) is 0 Å². The van der Waals surface area contributed by atoms with Gasteiger partial charge in [-0.25, -0.2) is 0 Å². The number of halogens is 1. The van der Waals surface area contributed by atoms with Crippen molar-refractivity contribution in [3.63, 3.8) is 0 Å². The number of hydrogen-bond donors (Lipinski definition) is 0. The van der Waals surface area contributed by atoms with E-state index in [0.29, 0.717) is 0 Å². The topological polar surface area (TPSA) is 3.24 Å². The highest BCUT2D eigenvalue weighted by molar-refractivity contribution is 9.10. The highest BCUT2D eigenvalue weighted by Gasteiger charge is 2.21. The Labute approximate surface area is 113 Å². The van der Waals surface area contributed by atoms with Crippen molar-refractivity contribution in [1.29, 1.82) is 0 Å². The highest BCUT2D eigenvalue weighted by Crippen LogP contribution is 2.26. The van der Waals surface area contributed by atoms with Crippen LogP contribution in [0, 0.1) is 11.8 Å². The van der Waals surface area contributed by atoms with Gasteiger partial charge in [-0.05, 0) is 49.4 Å². The van der Waals surface area contributed by atoms with E-state index in [2.05, 4.69) is 58.9 Å². The van der Waals surface area contributed by atoms with Crippen molar-refractivity contribution >= 4 is 15.9 Å². The van der Waals surface area contributed by atoms with Gasteiger partial charge in [-0.1, -0.05) is 48.0 Å². The molecule has 0 atom stereocenters. The molecule has 0 spiro atoms. The molecule has 0 aromatic heterocycles. The van der Waals surface area contributed by atoms with Crippen LogP contribution in [0.2, 0.25) is 0 Å². The molecular formula is C15H22BrN. The summed E-state index contributed by atoms with van der Waals surface area (Å²) in [6.45, 7) is 8.31. The monoisotopic (exact) mass is 295 g/mol. The molecule has 1 aromatic carbocycles. The molecule has 0 saturated carbocycles. The zero-order valence-corrected chi connectivity index (χ0v) is 12.4. The number of rotatable bonds is 3. The SMILES string of the molecule is CC(C)C1CCN(Cc2ccccc2Br)CC1. The first kappa shape index (κ1) is 13.1. The average Bonchev–Trinajstić information content (AvgIpc) is 2.33. The zero-order valence-electron chi connectivity index (χ0n) is 10.8. The number of piperidine rings is 1. The molecule has 2 rings (SSSR count). The van der Waals surface area contributed by atoms with Crippen LogP contribution >= 0.6 is 15.9 Å². The van der Waals surface area contributed by atoms with Gasteiger partial charge in [0.2, 0.25) is 0 Å². The fourth-order valence-corrected chi connectivity index (χ4v) is 3.06. The van der Waals surface area contributed by atoms with Crippen LogP contribution in [-0.2, 0) is 6.54 Å². The Bertz CT molecular complexity index is 354. The molecule has 1 fully saturated rings. The lowest BCUT2D eigenvalue weighted by atomic mass is 9.86. The standard InChI is InChI=1S/C15H22BrN/c1-12(2)13-7-9-17(10-8-13)11-14-5-3-4-6-15(14)16/h3-6,12-13H,7-11H2,1-2H3. The van der Waals surface area contributed by atoms with Crippen molar-refractivity contribution in [2.45, 2.75) is 33.2 Å². The van der Waals surface area contributed by atoms with Crippen LogP contribution in [0.5, 0.6) is 0 Å². The smallest absolute Gasteiger partial charge is 0.0244 e. The Morgan fingerprint density at radius 1 is 1.24 bits per heavy atom. The van der Waals surface area contributed by atoms with Crippen LogP contribution in [0.25, 0.3) is 0 Å². The molecule has 0 amide bonds. The maximum Gasteiger partial charge on any atom is 0.0244 e. The maximum atomic E-state index is 3.63. The first-order valence-corrected chi connectivity index (χ1v) is 7.42. The van der Waals surface area contributed by atoms with Crippen molar-refractivity contribution in [2.24, 2.45) is 11.8 Å². The third-order valence-electron chi connectivity index (χ3n) is 3.93. The second-order valence-electron chi connectivity index (χ2n) is 5.45. The summed E-state index contributed by atoms with van der Waals surface area (Å²) in [5, 5.41) is 0. The molecule has 0 bridgehead atoms. The van der Waals surface area contributed by atoms with Gasteiger partial charge < -0.3 is 0 Å². The van der Waals surface area contributed by atoms with Crippen LogP contribution in [-0.4, -0.2) is 18.0 Å². The van der Waals surface area contributed by atoms with Crippen LogP contribution in [0.15, 0.2) is 28.7 Å². The van der Waals surface area contributed by atoms with E-state index in [1.54, 1.807) is 0 Å².